The first kappa shape index (κ1) is 29.3. The summed E-state index contributed by atoms with van der Waals surface area (Å²) in [7, 11) is 0. The summed E-state index contributed by atoms with van der Waals surface area (Å²) in [5.41, 5.74) is 7.40. The molecule has 8 N–H and O–H groups in total. The van der Waals surface area contributed by atoms with Crippen molar-refractivity contribution in [1.82, 2.24) is 20.9 Å². The minimum absolute atomic E-state index is 0.0107. The van der Waals surface area contributed by atoms with Gasteiger partial charge in [0.2, 0.25) is 17.7 Å². The number of carboxylic acid groups (broad SMARTS) is 2. The number of amides is 3. The third kappa shape index (κ3) is 8.90. The van der Waals surface area contributed by atoms with Crippen molar-refractivity contribution in [1.29, 1.82) is 0 Å². The third-order valence-electron chi connectivity index (χ3n) is 5.81. The lowest BCUT2D eigenvalue weighted by Gasteiger charge is -2.23. The average molecular weight is 518 g/mol. The first-order chi connectivity index (χ1) is 17.4. The van der Waals surface area contributed by atoms with E-state index in [0.717, 1.165) is 10.9 Å². The number of hydrogen-bond acceptors (Lipinski definition) is 6. The van der Waals surface area contributed by atoms with E-state index < -0.39 is 60.2 Å². The molecule has 1 aromatic carbocycles. The summed E-state index contributed by atoms with van der Waals surface area (Å²) in [5, 5.41) is 26.8. The number of nitrogens with two attached hydrogens (primary N) is 1. The van der Waals surface area contributed by atoms with Crippen LogP contribution in [0.4, 0.5) is 0 Å². The van der Waals surface area contributed by atoms with E-state index >= 15 is 0 Å². The second-order valence-corrected chi connectivity index (χ2v) is 9.42. The van der Waals surface area contributed by atoms with Gasteiger partial charge in [-0.3, -0.25) is 19.2 Å². The molecule has 12 nitrogen and oxygen atoms in total. The van der Waals surface area contributed by atoms with Crippen molar-refractivity contribution < 1.29 is 34.2 Å². The van der Waals surface area contributed by atoms with E-state index in [0.29, 0.717) is 12.0 Å². The molecule has 0 aliphatic rings. The van der Waals surface area contributed by atoms with E-state index in [-0.39, 0.29) is 18.8 Å². The van der Waals surface area contributed by atoms with Gasteiger partial charge in [0.25, 0.3) is 0 Å². The van der Waals surface area contributed by atoms with Gasteiger partial charge in [-0.25, -0.2) is 4.79 Å². The maximum atomic E-state index is 12.8. The fourth-order valence-electron chi connectivity index (χ4n) is 3.83. The van der Waals surface area contributed by atoms with Gasteiger partial charge in [-0.15, -0.1) is 0 Å². The van der Waals surface area contributed by atoms with Crippen molar-refractivity contribution in [2.24, 2.45) is 11.7 Å². The van der Waals surface area contributed by atoms with Gasteiger partial charge in [0, 0.05) is 29.9 Å². The second-order valence-electron chi connectivity index (χ2n) is 9.42. The number of hydrogen-bond donors (Lipinski definition) is 7. The van der Waals surface area contributed by atoms with E-state index in [1.807, 2.05) is 38.1 Å². The molecule has 2 aromatic rings. The van der Waals surface area contributed by atoms with Crippen LogP contribution in [0.15, 0.2) is 30.5 Å². The van der Waals surface area contributed by atoms with Crippen LogP contribution in [0.25, 0.3) is 10.9 Å². The Morgan fingerprint density at radius 2 is 1.57 bits per heavy atom. The highest BCUT2D eigenvalue weighted by Gasteiger charge is 2.29. The maximum Gasteiger partial charge on any atom is 0.326 e. The van der Waals surface area contributed by atoms with Crippen LogP contribution in [0.2, 0.25) is 0 Å². The van der Waals surface area contributed by atoms with E-state index in [4.69, 9.17) is 10.8 Å². The van der Waals surface area contributed by atoms with E-state index in [1.165, 1.54) is 6.92 Å². The maximum absolute atomic E-state index is 12.8. The second kappa shape index (κ2) is 13.4. The summed E-state index contributed by atoms with van der Waals surface area (Å²) in [6.07, 6.45) is 1.44. The Hall–Kier alpha value is -3.93. The van der Waals surface area contributed by atoms with Crippen molar-refractivity contribution >= 4 is 40.6 Å². The number of rotatable bonds is 14. The molecule has 37 heavy (non-hydrogen) atoms. The molecule has 0 bridgehead atoms. The van der Waals surface area contributed by atoms with Crippen molar-refractivity contribution in [2.45, 2.75) is 70.6 Å². The lowest BCUT2D eigenvalue weighted by atomic mass is 10.0. The van der Waals surface area contributed by atoms with Crippen molar-refractivity contribution in [3.8, 4) is 0 Å². The van der Waals surface area contributed by atoms with Gasteiger partial charge < -0.3 is 36.9 Å². The Balaban J connectivity index is 2.04. The molecule has 0 aliphatic heterocycles. The quantitative estimate of drug-likeness (QED) is 0.188. The number of aromatic amines is 1. The van der Waals surface area contributed by atoms with Crippen LogP contribution in [-0.2, 0) is 30.4 Å². The third-order valence-corrected chi connectivity index (χ3v) is 5.81. The lowest BCUT2D eigenvalue weighted by Crippen LogP contribution is -2.56. The molecule has 0 saturated carbocycles. The molecule has 2 rings (SSSR count). The molecule has 3 amide bonds. The molecule has 4 unspecified atom stereocenters. The molecule has 0 spiro atoms. The summed E-state index contributed by atoms with van der Waals surface area (Å²) >= 11 is 0. The normalized spacial score (nSPS) is 14.4. The van der Waals surface area contributed by atoms with Crippen LogP contribution in [0.1, 0.15) is 45.6 Å². The van der Waals surface area contributed by atoms with Gasteiger partial charge in [-0.05, 0) is 37.3 Å². The largest absolute Gasteiger partial charge is 0.481 e. The molecule has 12 heteroatoms. The molecule has 0 aliphatic carbocycles. The minimum Gasteiger partial charge on any atom is -0.481 e. The number of para-hydroxylation sites is 1. The van der Waals surface area contributed by atoms with Crippen molar-refractivity contribution in [3.05, 3.63) is 36.0 Å². The van der Waals surface area contributed by atoms with Crippen LogP contribution in [0.5, 0.6) is 0 Å². The number of aromatic nitrogens is 1. The Labute approximate surface area is 214 Å². The zero-order chi connectivity index (χ0) is 27.7. The number of nitrogens with one attached hydrogen (secondary N) is 4. The first-order valence-corrected chi connectivity index (χ1v) is 12.0. The first-order valence-electron chi connectivity index (χ1n) is 12.0. The summed E-state index contributed by atoms with van der Waals surface area (Å²) in [6, 6.07) is 2.80. The van der Waals surface area contributed by atoms with Gasteiger partial charge in [0.1, 0.15) is 18.1 Å². The molecule has 1 heterocycles. The number of benzene rings is 1. The van der Waals surface area contributed by atoms with Gasteiger partial charge >= 0.3 is 11.9 Å². The Bertz CT molecular complexity index is 1130. The molecule has 0 fully saturated rings. The monoisotopic (exact) mass is 517 g/mol. The molecular weight excluding hydrogens is 482 g/mol. The fraction of sp³-hybridized carbons (Fsp3) is 0.480. The topological polar surface area (TPSA) is 204 Å². The Morgan fingerprint density at radius 3 is 2.19 bits per heavy atom. The van der Waals surface area contributed by atoms with E-state index in [1.54, 1.807) is 6.20 Å². The van der Waals surface area contributed by atoms with Crippen LogP contribution in [0.3, 0.4) is 0 Å². The minimum atomic E-state index is -1.26. The molecule has 202 valence electrons. The summed E-state index contributed by atoms with van der Waals surface area (Å²) in [5.74, 6) is -4.42. The molecular formula is C25H35N5O7. The summed E-state index contributed by atoms with van der Waals surface area (Å²) < 4.78 is 0. The standard InChI is InChI=1S/C25H35N5O7/c1-13(2)10-17(26)23(34)29-19(8-9-21(31)32)24(35)28-14(3)22(33)30-20(25(36)37)11-15-12-27-18-7-5-4-6-16(15)18/h4-7,12-14,17,19-20,27H,8-11,26H2,1-3H3,(H,28,35)(H,29,34)(H,30,33)(H,31,32)(H,36,37). The number of aliphatic carboxylic acids is 2. The molecule has 0 radical (unpaired) electrons. The van der Waals surface area contributed by atoms with Gasteiger partial charge in [-0.2, -0.15) is 0 Å². The zero-order valence-corrected chi connectivity index (χ0v) is 21.1. The van der Waals surface area contributed by atoms with Gasteiger partial charge in [0.15, 0.2) is 0 Å². The number of carbonyl (C=O) groups excluding carboxylic acids is 3. The van der Waals surface area contributed by atoms with Crippen LogP contribution in [-0.4, -0.2) is 69.0 Å². The smallest absolute Gasteiger partial charge is 0.326 e. The van der Waals surface area contributed by atoms with Crippen LogP contribution >= 0.6 is 0 Å². The summed E-state index contributed by atoms with van der Waals surface area (Å²) in [4.78, 5) is 63.9. The number of fused-ring (bicyclic) bond motifs is 1. The van der Waals surface area contributed by atoms with E-state index in [2.05, 4.69) is 20.9 Å². The Kier molecular flexibility index (Phi) is 10.6. The number of carboxylic acids is 2. The highest BCUT2D eigenvalue weighted by Crippen LogP contribution is 2.19. The highest BCUT2D eigenvalue weighted by molar-refractivity contribution is 5.94. The zero-order valence-electron chi connectivity index (χ0n) is 21.1. The predicted octanol–water partition coefficient (Wildman–Crippen LogP) is 0.508. The molecule has 0 saturated heterocycles. The van der Waals surface area contributed by atoms with Crippen molar-refractivity contribution in [2.75, 3.05) is 0 Å². The highest BCUT2D eigenvalue weighted by atomic mass is 16.4. The predicted molar refractivity (Wildman–Crippen MR) is 135 cm³/mol. The SMILES string of the molecule is CC(C)CC(N)C(=O)NC(CCC(=O)O)C(=O)NC(C)C(=O)NC(Cc1c[nH]c2ccccc12)C(=O)O. The van der Waals surface area contributed by atoms with Crippen molar-refractivity contribution in [3.63, 3.8) is 0 Å². The molecule has 1 aromatic heterocycles. The van der Waals surface area contributed by atoms with Crippen LogP contribution in [0, 0.1) is 5.92 Å². The summed E-state index contributed by atoms with van der Waals surface area (Å²) in [6.45, 7) is 5.12. The average Bonchev–Trinajstić information content (AvgIpc) is 3.23. The number of carbonyl (C=O) groups is 5. The van der Waals surface area contributed by atoms with E-state index in [9.17, 15) is 29.1 Å². The molecule has 4 atom stereocenters. The lowest BCUT2D eigenvalue weighted by molar-refractivity contribution is -0.142. The Morgan fingerprint density at radius 1 is 0.919 bits per heavy atom. The van der Waals surface area contributed by atoms with Crippen LogP contribution < -0.4 is 21.7 Å². The number of H-pyrrole nitrogens is 1. The fourth-order valence-corrected chi connectivity index (χ4v) is 3.83. The van der Waals surface area contributed by atoms with Gasteiger partial charge in [-0.1, -0.05) is 32.0 Å². The van der Waals surface area contributed by atoms with Gasteiger partial charge in [0.05, 0.1) is 6.04 Å².